The van der Waals surface area contributed by atoms with Gasteiger partial charge in [0.05, 0.1) is 86.5 Å². The van der Waals surface area contributed by atoms with Crippen molar-refractivity contribution >= 4 is 21.8 Å². The number of nitriles is 6. The van der Waals surface area contributed by atoms with E-state index in [1.54, 1.807) is 36.4 Å². The minimum absolute atomic E-state index is 0.393. The summed E-state index contributed by atoms with van der Waals surface area (Å²) in [5.74, 6) is 0. The van der Waals surface area contributed by atoms with Crippen LogP contribution in [0.5, 0.6) is 0 Å². The fraction of sp³-hybridized carbons (Fsp3) is 0. The number of para-hydroxylation sites is 1. The highest BCUT2D eigenvalue weighted by Gasteiger charge is 2.21. The van der Waals surface area contributed by atoms with Gasteiger partial charge in [-0.1, -0.05) is 97.1 Å². The van der Waals surface area contributed by atoms with E-state index >= 15 is 0 Å². The van der Waals surface area contributed by atoms with E-state index in [2.05, 4.69) is 77.4 Å². The maximum atomic E-state index is 10.2. The molecule has 0 N–H and O–H groups in total. The molecule has 61 heavy (non-hydrogen) atoms. The summed E-state index contributed by atoms with van der Waals surface area (Å²) in [5, 5.41) is 61.1. The molecule has 278 valence electrons. The average molecular weight is 774 g/mol. The average Bonchev–Trinajstić information content (AvgIpc) is 3.66. The van der Waals surface area contributed by atoms with Crippen LogP contribution in [0.1, 0.15) is 33.4 Å². The van der Waals surface area contributed by atoms with E-state index < -0.39 is 0 Å². The third kappa shape index (κ3) is 6.38. The molecule has 0 aliphatic rings. The largest absolute Gasteiger partial charge is 0.309 e. The van der Waals surface area contributed by atoms with E-state index in [1.165, 1.54) is 0 Å². The van der Waals surface area contributed by atoms with Crippen LogP contribution in [-0.2, 0) is 0 Å². The van der Waals surface area contributed by atoms with Crippen molar-refractivity contribution in [2.45, 2.75) is 0 Å². The van der Waals surface area contributed by atoms with Crippen molar-refractivity contribution in [2.75, 3.05) is 0 Å². The van der Waals surface area contributed by atoms with Gasteiger partial charge in [-0.05, 0) is 100 Å². The van der Waals surface area contributed by atoms with Crippen LogP contribution in [0.3, 0.4) is 0 Å². The Balaban J connectivity index is 1.32. The normalized spacial score (nSPS) is 10.5. The summed E-state index contributed by atoms with van der Waals surface area (Å²) in [7, 11) is 0. The third-order valence-electron chi connectivity index (χ3n) is 11.1. The highest BCUT2D eigenvalue weighted by Crippen LogP contribution is 2.43. The second-order valence-corrected chi connectivity index (χ2v) is 14.4. The Morgan fingerprint density at radius 1 is 0.295 bits per heavy atom. The summed E-state index contributed by atoms with van der Waals surface area (Å²) < 4.78 is 2.20. The fourth-order valence-electron chi connectivity index (χ4n) is 8.28. The zero-order chi connectivity index (χ0) is 42.0. The van der Waals surface area contributed by atoms with Crippen LogP contribution in [-0.4, -0.2) is 4.57 Å². The number of aromatic nitrogens is 1. The van der Waals surface area contributed by atoms with Crippen LogP contribution < -0.4 is 0 Å². The molecule has 0 aliphatic heterocycles. The van der Waals surface area contributed by atoms with Gasteiger partial charge in [-0.2, -0.15) is 31.6 Å². The van der Waals surface area contributed by atoms with Gasteiger partial charge in [-0.25, -0.2) is 0 Å². The molecule has 0 unspecified atom stereocenters. The number of fused-ring (bicyclic) bond motifs is 3. The summed E-state index contributed by atoms with van der Waals surface area (Å²) in [5.41, 5.74) is 13.5. The molecule has 7 nitrogen and oxygen atoms in total. The van der Waals surface area contributed by atoms with Crippen LogP contribution >= 0.6 is 0 Å². The third-order valence-corrected chi connectivity index (χ3v) is 11.1. The molecule has 0 aliphatic carbocycles. The molecule has 1 heterocycles. The molecule has 8 aromatic carbocycles. The van der Waals surface area contributed by atoms with Crippen molar-refractivity contribution in [3.63, 3.8) is 0 Å². The molecule has 1 aromatic heterocycles. The predicted octanol–water partition coefficient (Wildman–Crippen LogP) is 12.3. The zero-order valence-corrected chi connectivity index (χ0v) is 32.2. The summed E-state index contributed by atoms with van der Waals surface area (Å²) in [6.45, 7) is 0. The van der Waals surface area contributed by atoms with E-state index in [4.69, 9.17) is 0 Å². The highest BCUT2D eigenvalue weighted by molar-refractivity contribution is 6.13. The topological polar surface area (TPSA) is 148 Å². The molecule has 7 heteroatoms. The maximum Gasteiger partial charge on any atom is 0.0998 e. The molecule has 0 saturated carbocycles. The van der Waals surface area contributed by atoms with Crippen molar-refractivity contribution < 1.29 is 0 Å². The molecule has 0 saturated heterocycles. The SMILES string of the molecule is N#Cc1ccc(-c2ccccc2-c2ccc3c(c2)c2cc(-c4ccccc4-c4ccc(C#N)cc4C#N)ccc2n3-c2ccccc2-c2ccc(C#N)cc2C#N)c(C#N)c1. The Hall–Kier alpha value is -9.50. The lowest BCUT2D eigenvalue weighted by atomic mass is 9.90. The Kier molecular flexibility index (Phi) is 9.39. The zero-order valence-electron chi connectivity index (χ0n) is 32.2. The van der Waals surface area contributed by atoms with Crippen LogP contribution in [0.4, 0.5) is 0 Å². The van der Waals surface area contributed by atoms with Crippen LogP contribution in [0, 0.1) is 68.0 Å². The minimum Gasteiger partial charge on any atom is -0.309 e. The van der Waals surface area contributed by atoms with Gasteiger partial charge in [0.15, 0.2) is 0 Å². The molecular weight excluding hydrogens is 747 g/mol. The van der Waals surface area contributed by atoms with Crippen molar-refractivity contribution in [2.24, 2.45) is 0 Å². The van der Waals surface area contributed by atoms with Gasteiger partial charge in [0.25, 0.3) is 0 Å². The van der Waals surface area contributed by atoms with Gasteiger partial charge in [-0.3, -0.25) is 0 Å². The van der Waals surface area contributed by atoms with Crippen molar-refractivity contribution in [1.29, 1.82) is 31.6 Å². The first-order valence-electron chi connectivity index (χ1n) is 19.2. The Morgan fingerprint density at radius 3 is 1.05 bits per heavy atom. The Labute approximate surface area is 351 Å². The molecule has 0 amide bonds. The summed E-state index contributed by atoms with van der Waals surface area (Å²) >= 11 is 0. The maximum absolute atomic E-state index is 10.2. The standard InChI is InChI=1S/C54H27N7/c55-28-34-13-18-44(39(23-34)31-58)47-9-3-1-7-42(47)37-16-21-53-50(26-37)51-27-38(43-8-2-4-10-48(43)45-19-14-35(29-56)24-40(45)32-59)17-22-54(51)61(53)52-12-6-5-11-49(52)46-20-15-36(30-57)25-41(46)33-60/h1-27H. The number of benzene rings is 8. The van der Waals surface area contributed by atoms with E-state index in [9.17, 15) is 31.6 Å². The molecule has 0 atom stereocenters. The number of hydrogen-bond acceptors (Lipinski definition) is 6. The predicted molar refractivity (Wildman–Crippen MR) is 236 cm³/mol. The van der Waals surface area contributed by atoms with Gasteiger partial charge in [0, 0.05) is 33.0 Å². The van der Waals surface area contributed by atoms with Crippen molar-refractivity contribution in [3.05, 3.63) is 197 Å². The van der Waals surface area contributed by atoms with Gasteiger partial charge in [-0.15, -0.1) is 0 Å². The Bertz CT molecular complexity index is 3390. The molecule has 0 fully saturated rings. The van der Waals surface area contributed by atoms with E-state index in [-0.39, 0.29) is 0 Å². The van der Waals surface area contributed by atoms with E-state index in [0.717, 1.165) is 77.6 Å². The molecule has 9 rings (SSSR count). The number of hydrogen-bond donors (Lipinski definition) is 0. The second kappa shape index (κ2) is 15.4. The lowest BCUT2D eigenvalue weighted by molar-refractivity contribution is 1.18. The summed E-state index contributed by atoms with van der Waals surface area (Å²) in [4.78, 5) is 0. The van der Waals surface area contributed by atoms with Crippen molar-refractivity contribution in [3.8, 4) is 97.7 Å². The highest BCUT2D eigenvalue weighted by atomic mass is 15.0. The van der Waals surface area contributed by atoms with Gasteiger partial charge < -0.3 is 4.57 Å². The number of nitrogens with zero attached hydrogens (tertiary/aromatic N) is 7. The first-order chi connectivity index (χ1) is 30.0. The summed E-state index contributed by atoms with van der Waals surface area (Å²) in [6, 6.07) is 65.2. The smallest absolute Gasteiger partial charge is 0.0998 e. The lowest BCUT2D eigenvalue weighted by Gasteiger charge is -2.16. The molecule has 0 bridgehead atoms. The first-order valence-corrected chi connectivity index (χ1v) is 19.2. The van der Waals surface area contributed by atoms with Crippen LogP contribution in [0.15, 0.2) is 164 Å². The van der Waals surface area contributed by atoms with E-state index in [0.29, 0.717) is 38.9 Å². The first kappa shape index (κ1) is 37.1. The van der Waals surface area contributed by atoms with Crippen LogP contribution in [0.2, 0.25) is 0 Å². The molecular formula is C54H27N7. The molecule has 0 spiro atoms. The summed E-state index contributed by atoms with van der Waals surface area (Å²) in [6.07, 6.45) is 0. The molecule has 9 aromatic rings. The minimum atomic E-state index is 0.393. The lowest BCUT2D eigenvalue weighted by Crippen LogP contribution is -1.98. The second-order valence-electron chi connectivity index (χ2n) is 14.4. The van der Waals surface area contributed by atoms with Crippen LogP contribution in [0.25, 0.3) is 83.1 Å². The van der Waals surface area contributed by atoms with E-state index in [1.807, 2.05) is 91.0 Å². The van der Waals surface area contributed by atoms with Gasteiger partial charge in [0.2, 0.25) is 0 Å². The quantitative estimate of drug-likeness (QED) is 0.164. The van der Waals surface area contributed by atoms with Gasteiger partial charge in [0.1, 0.15) is 0 Å². The van der Waals surface area contributed by atoms with Crippen molar-refractivity contribution in [1.82, 2.24) is 4.57 Å². The fourth-order valence-corrected chi connectivity index (χ4v) is 8.28. The number of rotatable bonds is 6. The molecule has 0 radical (unpaired) electrons. The Morgan fingerprint density at radius 2 is 0.656 bits per heavy atom. The monoisotopic (exact) mass is 773 g/mol. The van der Waals surface area contributed by atoms with Gasteiger partial charge >= 0.3 is 0 Å².